The minimum Gasteiger partial charge on any atom is -0.480 e. The van der Waals surface area contributed by atoms with Crippen molar-refractivity contribution >= 4 is 17.3 Å². The zero-order valence-electron chi connectivity index (χ0n) is 7.01. The molecule has 0 aliphatic carbocycles. The normalized spacial score (nSPS) is 11.4. The van der Waals surface area contributed by atoms with Gasteiger partial charge in [0.15, 0.2) is 0 Å². The molecule has 72 valence electrons. The molecule has 0 aliphatic heterocycles. The van der Waals surface area contributed by atoms with E-state index in [1.807, 2.05) is 0 Å². The Hall–Kier alpha value is -1.04. The van der Waals surface area contributed by atoms with Gasteiger partial charge in [0.2, 0.25) is 11.7 Å². The van der Waals surface area contributed by atoms with Crippen LogP contribution >= 0.6 is 11.5 Å². The topological polar surface area (TPSA) is 39.2 Å². The van der Waals surface area contributed by atoms with Crippen LogP contribution in [0, 0.1) is 0 Å². The third-order valence-corrected chi connectivity index (χ3v) is 2.09. The van der Waals surface area contributed by atoms with Crippen LogP contribution in [0.4, 0.5) is 8.78 Å². The molecule has 0 atom stereocenters. The predicted molar refractivity (Wildman–Crippen MR) is 43.6 cm³/mol. The number of ether oxygens (including phenoxy) is 1. The Morgan fingerprint density at radius 3 is 2.69 bits per heavy atom. The summed E-state index contributed by atoms with van der Waals surface area (Å²) in [5.41, 5.74) is 0. The van der Waals surface area contributed by atoms with Crippen molar-refractivity contribution in [3.05, 3.63) is 10.9 Å². The van der Waals surface area contributed by atoms with Gasteiger partial charge in [-0.3, -0.25) is 4.79 Å². The maximum atomic E-state index is 12.5. The average molecular weight is 207 g/mol. The Labute approximate surface area is 77.5 Å². The molecule has 1 rings (SSSR count). The van der Waals surface area contributed by atoms with Gasteiger partial charge in [0.1, 0.15) is 4.88 Å². The Kier molecular flexibility index (Phi) is 2.60. The molecular formula is C7H7F2NO2S. The molecule has 1 heterocycles. The van der Waals surface area contributed by atoms with E-state index in [0.717, 1.165) is 0 Å². The lowest BCUT2D eigenvalue weighted by atomic mass is 10.2. The zero-order chi connectivity index (χ0) is 10.1. The van der Waals surface area contributed by atoms with E-state index < -0.39 is 11.7 Å². The number of rotatable bonds is 3. The quantitative estimate of drug-likeness (QED) is 0.711. The molecule has 0 unspecified atom stereocenters. The highest BCUT2D eigenvalue weighted by Crippen LogP contribution is 2.24. The van der Waals surface area contributed by atoms with Crippen molar-refractivity contribution in [2.24, 2.45) is 0 Å². The summed E-state index contributed by atoms with van der Waals surface area (Å²) in [4.78, 5) is 10.9. The van der Waals surface area contributed by atoms with E-state index in [0.29, 0.717) is 18.5 Å². The second-order valence-corrected chi connectivity index (χ2v) is 3.26. The van der Waals surface area contributed by atoms with Gasteiger partial charge in [0.25, 0.3) is 0 Å². The molecule has 0 bridgehead atoms. The van der Waals surface area contributed by atoms with Crippen LogP contribution in [-0.4, -0.2) is 23.2 Å². The van der Waals surface area contributed by atoms with Crippen LogP contribution in [-0.2, 0) is 0 Å². The fraction of sp³-hybridized carbons (Fsp3) is 0.429. The summed E-state index contributed by atoms with van der Waals surface area (Å²) >= 11 is 0.705. The van der Waals surface area contributed by atoms with Gasteiger partial charge < -0.3 is 4.74 Å². The minimum atomic E-state index is -3.35. The maximum Gasteiger partial charge on any atom is 0.307 e. The molecule has 0 aromatic carbocycles. The van der Waals surface area contributed by atoms with Crippen LogP contribution in [0.2, 0.25) is 0 Å². The number of Topliss-reactive ketones (excluding diaryl/α,β-unsaturated/α-hetero) is 1. The van der Waals surface area contributed by atoms with Crippen molar-refractivity contribution in [2.75, 3.05) is 7.11 Å². The van der Waals surface area contributed by atoms with Crippen molar-refractivity contribution in [1.29, 1.82) is 0 Å². The number of nitrogens with zero attached hydrogens (tertiary/aromatic N) is 1. The number of aromatic nitrogens is 1. The lowest BCUT2D eigenvalue weighted by Gasteiger charge is -2.04. The summed E-state index contributed by atoms with van der Waals surface area (Å²) in [6.07, 6.45) is 0. The second kappa shape index (κ2) is 3.37. The smallest absolute Gasteiger partial charge is 0.307 e. The van der Waals surface area contributed by atoms with Crippen LogP contribution in [0.3, 0.4) is 0 Å². The van der Waals surface area contributed by atoms with E-state index in [1.165, 1.54) is 13.2 Å². The molecule has 0 aliphatic rings. The third-order valence-electron chi connectivity index (χ3n) is 1.32. The van der Waals surface area contributed by atoms with E-state index >= 15 is 0 Å². The van der Waals surface area contributed by atoms with Gasteiger partial charge in [-0.15, -0.1) is 0 Å². The fourth-order valence-corrected chi connectivity index (χ4v) is 1.41. The van der Waals surface area contributed by atoms with Crippen molar-refractivity contribution < 1.29 is 18.3 Å². The van der Waals surface area contributed by atoms with Gasteiger partial charge in [0.05, 0.1) is 7.11 Å². The molecule has 0 radical (unpaired) electrons. The fourth-order valence-electron chi connectivity index (χ4n) is 0.679. The Balaban J connectivity index is 2.90. The molecule has 0 saturated heterocycles. The van der Waals surface area contributed by atoms with Crippen LogP contribution in [0.25, 0.3) is 0 Å². The van der Waals surface area contributed by atoms with Crippen molar-refractivity contribution in [2.45, 2.75) is 12.8 Å². The predicted octanol–water partition coefficient (Wildman–Crippen LogP) is 1.99. The first-order valence-electron chi connectivity index (χ1n) is 3.38. The number of hydrogen-bond donors (Lipinski definition) is 0. The molecule has 0 N–H and O–H groups in total. The van der Waals surface area contributed by atoms with Gasteiger partial charge in [-0.25, -0.2) is 0 Å². The first kappa shape index (κ1) is 10.0. The third kappa shape index (κ3) is 2.21. The minimum absolute atomic E-state index is 0.0932. The van der Waals surface area contributed by atoms with Crippen LogP contribution < -0.4 is 4.74 Å². The number of hydrogen-bond acceptors (Lipinski definition) is 4. The van der Waals surface area contributed by atoms with Gasteiger partial charge in [-0.2, -0.15) is 13.2 Å². The van der Waals surface area contributed by atoms with Crippen LogP contribution in [0.15, 0.2) is 6.07 Å². The highest BCUT2D eigenvalue weighted by atomic mass is 32.1. The molecule has 1 aromatic rings. The Bertz CT molecular complexity index is 319. The number of carbonyl (C=O) groups excluding carboxylic acids is 1. The molecular weight excluding hydrogens is 200 g/mol. The summed E-state index contributed by atoms with van der Waals surface area (Å²) in [5.74, 6) is -4.40. The lowest BCUT2D eigenvalue weighted by molar-refractivity contribution is 0.0226. The van der Waals surface area contributed by atoms with Gasteiger partial charge in [-0.1, -0.05) is 0 Å². The van der Waals surface area contributed by atoms with E-state index in [-0.39, 0.29) is 10.8 Å². The molecule has 6 heteroatoms. The number of halogens is 2. The van der Waals surface area contributed by atoms with Gasteiger partial charge >= 0.3 is 5.92 Å². The van der Waals surface area contributed by atoms with Crippen molar-refractivity contribution in [3.8, 4) is 5.88 Å². The number of carbonyl (C=O) groups is 1. The molecule has 13 heavy (non-hydrogen) atoms. The molecule has 0 fully saturated rings. The summed E-state index contributed by atoms with van der Waals surface area (Å²) in [6, 6.07) is 1.20. The highest BCUT2D eigenvalue weighted by Gasteiger charge is 2.34. The zero-order valence-corrected chi connectivity index (χ0v) is 7.82. The van der Waals surface area contributed by atoms with Gasteiger partial charge in [-0.05, 0) is 11.5 Å². The summed E-state index contributed by atoms with van der Waals surface area (Å²) in [6.45, 7) is 0.557. The maximum absolute atomic E-state index is 12.5. The second-order valence-electron chi connectivity index (χ2n) is 2.45. The van der Waals surface area contributed by atoms with Crippen LogP contribution in [0.5, 0.6) is 5.88 Å². The molecule has 0 spiro atoms. The monoisotopic (exact) mass is 207 g/mol. The Morgan fingerprint density at radius 2 is 2.31 bits per heavy atom. The first-order chi connectivity index (χ1) is 5.95. The molecule has 0 saturated carbocycles. The van der Waals surface area contributed by atoms with E-state index in [4.69, 9.17) is 0 Å². The van der Waals surface area contributed by atoms with E-state index in [1.54, 1.807) is 0 Å². The summed E-state index contributed by atoms with van der Waals surface area (Å²) in [7, 11) is 1.35. The first-order valence-corrected chi connectivity index (χ1v) is 4.16. The Morgan fingerprint density at radius 1 is 1.69 bits per heavy atom. The molecule has 1 aromatic heterocycles. The number of methoxy groups -OCH3 is 1. The number of alkyl halides is 2. The van der Waals surface area contributed by atoms with Crippen molar-refractivity contribution in [3.63, 3.8) is 0 Å². The largest absolute Gasteiger partial charge is 0.480 e. The lowest BCUT2D eigenvalue weighted by Crippen LogP contribution is -2.23. The summed E-state index contributed by atoms with van der Waals surface area (Å²) < 4.78 is 33.3. The standard InChI is InChI=1S/C7H7F2NO2S/c1-7(8,9)6(11)4-3-5(12-2)10-13-4/h3H,1-2H3. The van der Waals surface area contributed by atoms with E-state index in [2.05, 4.69) is 9.11 Å². The van der Waals surface area contributed by atoms with E-state index in [9.17, 15) is 13.6 Å². The van der Waals surface area contributed by atoms with Crippen LogP contribution in [0.1, 0.15) is 16.6 Å². The average Bonchev–Trinajstić information content (AvgIpc) is 2.48. The SMILES string of the molecule is COc1cc(C(=O)C(C)(F)F)sn1. The molecule has 3 nitrogen and oxygen atoms in total. The highest BCUT2D eigenvalue weighted by molar-refractivity contribution is 7.08. The van der Waals surface area contributed by atoms with Crippen molar-refractivity contribution in [1.82, 2.24) is 4.37 Å². The summed E-state index contributed by atoms with van der Waals surface area (Å²) in [5, 5.41) is 0. The molecule has 0 amide bonds. The van der Waals surface area contributed by atoms with Gasteiger partial charge in [0, 0.05) is 13.0 Å². The number of ketones is 1.